The van der Waals surface area contributed by atoms with Crippen LogP contribution in [0.5, 0.6) is 0 Å². The molecule has 1 atom stereocenters. The van der Waals surface area contributed by atoms with E-state index in [1.807, 2.05) is 0 Å². The van der Waals surface area contributed by atoms with Crippen LogP contribution in [0.1, 0.15) is 11.1 Å². The van der Waals surface area contributed by atoms with E-state index in [1.165, 1.54) is 12.1 Å². The summed E-state index contributed by atoms with van der Waals surface area (Å²) in [6.07, 6.45) is 1.38. The third kappa shape index (κ3) is 3.10. The molecule has 102 valence electrons. The van der Waals surface area contributed by atoms with Crippen molar-refractivity contribution < 1.29 is 20.3 Å². The second-order valence-electron chi connectivity index (χ2n) is 4.12. The van der Waals surface area contributed by atoms with Crippen LogP contribution in [0.25, 0.3) is 11.6 Å². The van der Waals surface area contributed by atoms with E-state index in [0.29, 0.717) is 11.1 Å². The Morgan fingerprint density at radius 1 is 1.05 bits per heavy atom. The largest absolute Gasteiger partial charge is 0.595 e. The highest BCUT2D eigenvalue weighted by atomic mass is 16.8. The molecule has 2 rings (SSSR count). The Morgan fingerprint density at radius 3 is 2.25 bits per heavy atom. The second kappa shape index (κ2) is 6.12. The zero-order chi connectivity index (χ0) is 14.5. The lowest BCUT2D eigenvalue weighted by atomic mass is 10.0. The van der Waals surface area contributed by atoms with Gasteiger partial charge in [-0.25, -0.2) is 10.0 Å². The number of rotatable bonds is 4. The number of hydrogen-bond donors (Lipinski definition) is 3. The number of quaternary nitrogens is 1. The highest BCUT2D eigenvalue weighted by Gasteiger charge is 2.13. The van der Waals surface area contributed by atoms with Crippen LogP contribution in [-0.2, 0) is 4.79 Å². The van der Waals surface area contributed by atoms with Crippen LogP contribution in [0.2, 0.25) is 0 Å². The van der Waals surface area contributed by atoms with Gasteiger partial charge in [0.25, 0.3) is 0 Å². The molecular weight excluding hydrogens is 258 g/mol. The molecule has 20 heavy (non-hydrogen) atoms. The van der Waals surface area contributed by atoms with Gasteiger partial charge in [0.1, 0.15) is 0 Å². The van der Waals surface area contributed by atoms with E-state index >= 15 is 0 Å². The summed E-state index contributed by atoms with van der Waals surface area (Å²) in [7, 11) is 0. The molecule has 1 unspecified atom stereocenters. The average Bonchev–Trinajstić information content (AvgIpc) is 2.45. The summed E-state index contributed by atoms with van der Waals surface area (Å²) < 4.78 is 0. The zero-order valence-electron chi connectivity index (χ0n) is 10.5. The highest BCUT2D eigenvalue weighted by molar-refractivity contribution is 6.20. The van der Waals surface area contributed by atoms with Crippen LogP contribution in [0, 0.1) is 5.21 Å². The fraction of sp³-hybridized carbons (Fsp3) is 0. The highest BCUT2D eigenvalue weighted by Crippen LogP contribution is 2.21. The van der Waals surface area contributed by atoms with E-state index in [9.17, 15) is 15.1 Å². The number of nitrogens with one attached hydrogen (secondary N) is 1. The average molecular weight is 271 g/mol. The van der Waals surface area contributed by atoms with Crippen molar-refractivity contribution >= 4 is 23.3 Å². The Hall–Kier alpha value is -2.47. The lowest BCUT2D eigenvalue weighted by Gasteiger charge is -2.14. The third-order valence-corrected chi connectivity index (χ3v) is 2.81. The van der Waals surface area contributed by atoms with Gasteiger partial charge in [-0.3, -0.25) is 0 Å². The lowest BCUT2D eigenvalue weighted by Crippen LogP contribution is -2.99. The third-order valence-electron chi connectivity index (χ3n) is 2.81. The maximum atomic E-state index is 11.4. The van der Waals surface area contributed by atoms with Gasteiger partial charge in [-0.15, -0.1) is 0 Å². The molecule has 0 aliphatic heterocycles. The van der Waals surface area contributed by atoms with Gasteiger partial charge >= 0.3 is 5.97 Å². The minimum Gasteiger partial charge on any atom is -0.595 e. The van der Waals surface area contributed by atoms with Gasteiger partial charge < -0.3 is 10.3 Å². The molecule has 0 fully saturated rings. The molecule has 0 spiro atoms. The van der Waals surface area contributed by atoms with Crippen LogP contribution < -0.4 is 5.23 Å². The molecule has 0 bridgehead atoms. The molecule has 5 heteroatoms. The van der Waals surface area contributed by atoms with Crippen molar-refractivity contribution in [2.24, 2.45) is 0 Å². The normalized spacial score (nSPS) is 13.0. The molecule has 0 heterocycles. The van der Waals surface area contributed by atoms with E-state index in [4.69, 9.17) is 5.21 Å². The smallest absolute Gasteiger partial charge is 0.336 e. The molecule has 0 aliphatic carbocycles. The first-order valence-electron chi connectivity index (χ1n) is 5.92. The van der Waals surface area contributed by atoms with E-state index in [0.717, 1.165) is 0 Å². The molecular formula is C15H13NO4. The second-order valence-corrected chi connectivity index (χ2v) is 4.12. The van der Waals surface area contributed by atoms with Crippen molar-refractivity contribution in [1.82, 2.24) is 0 Å². The van der Waals surface area contributed by atoms with Crippen molar-refractivity contribution in [1.29, 1.82) is 0 Å². The summed E-state index contributed by atoms with van der Waals surface area (Å²) in [6, 6.07) is 14.9. The van der Waals surface area contributed by atoms with Gasteiger partial charge in [0, 0.05) is 11.6 Å². The molecule has 2 aromatic carbocycles. The van der Waals surface area contributed by atoms with Crippen molar-refractivity contribution in [3.8, 4) is 0 Å². The van der Waals surface area contributed by atoms with Crippen molar-refractivity contribution in [2.75, 3.05) is 0 Å². The molecule has 0 aliphatic rings. The fourth-order valence-electron chi connectivity index (χ4n) is 1.86. The molecule has 0 saturated heterocycles. The predicted molar refractivity (Wildman–Crippen MR) is 74.2 cm³/mol. The molecule has 0 amide bonds. The van der Waals surface area contributed by atoms with Gasteiger partial charge in [0.15, 0.2) is 5.69 Å². The summed E-state index contributed by atoms with van der Waals surface area (Å²) in [5.74, 6) is -1.10. The molecule has 5 nitrogen and oxygen atoms in total. The van der Waals surface area contributed by atoms with Crippen LogP contribution in [0.4, 0.5) is 5.69 Å². The van der Waals surface area contributed by atoms with E-state index < -0.39 is 11.2 Å². The van der Waals surface area contributed by atoms with E-state index in [-0.39, 0.29) is 11.3 Å². The van der Waals surface area contributed by atoms with Gasteiger partial charge in [-0.1, -0.05) is 42.5 Å². The Labute approximate surface area is 115 Å². The summed E-state index contributed by atoms with van der Waals surface area (Å²) in [5, 5.41) is 28.5. The summed E-state index contributed by atoms with van der Waals surface area (Å²) >= 11 is 0. The van der Waals surface area contributed by atoms with Crippen LogP contribution in [0.15, 0.2) is 54.6 Å². The fourth-order valence-corrected chi connectivity index (χ4v) is 1.86. The van der Waals surface area contributed by atoms with Crippen LogP contribution >= 0.6 is 0 Å². The monoisotopic (exact) mass is 271 g/mol. The van der Waals surface area contributed by atoms with Gasteiger partial charge in [0.05, 0.1) is 5.57 Å². The van der Waals surface area contributed by atoms with Crippen molar-refractivity contribution in [3.05, 3.63) is 70.9 Å². The van der Waals surface area contributed by atoms with E-state index in [2.05, 4.69) is 0 Å². The first-order chi connectivity index (χ1) is 9.59. The number of carbonyl (C=O) groups is 1. The topological polar surface area (TPSA) is 85.0 Å². The SMILES string of the molecule is O=C(O)C(=Cc1ccccc1[NH+]([O-])O)c1ccccc1. The number of benzene rings is 2. The van der Waals surface area contributed by atoms with Crippen molar-refractivity contribution in [2.45, 2.75) is 0 Å². The first kappa shape index (κ1) is 14.0. The summed E-state index contributed by atoms with van der Waals surface area (Å²) in [5.41, 5.74) is 1.02. The predicted octanol–water partition coefficient (Wildman–Crippen LogP) is 1.72. The number of aliphatic carboxylic acids is 1. The Kier molecular flexibility index (Phi) is 4.27. The summed E-state index contributed by atoms with van der Waals surface area (Å²) in [6.45, 7) is 0. The zero-order valence-corrected chi connectivity index (χ0v) is 10.5. The standard InChI is InChI=1S/C15H13NO4/c17-15(18)13(11-6-2-1-3-7-11)10-12-8-4-5-9-14(12)16(19)20/h1-10,16,19H,(H,17,18). The molecule has 3 N–H and O–H groups in total. The molecule has 2 aromatic rings. The minimum atomic E-state index is -1.10. The number of carboxylic acids is 1. The quantitative estimate of drug-likeness (QED) is 0.449. The maximum Gasteiger partial charge on any atom is 0.336 e. The van der Waals surface area contributed by atoms with Gasteiger partial charge in [-0.2, -0.15) is 5.23 Å². The Bertz CT molecular complexity index is 635. The van der Waals surface area contributed by atoms with Gasteiger partial charge in [0.2, 0.25) is 0 Å². The lowest BCUT2D eigenvalue weighted by molar-refractivity contribution is -0.991. The van der Waals surface area contributed by atoms with Crippen LogP contribution in [-0.4, -0.2) is 16.3 Å². The maximum absolute atomic E-state index is 11.4. The Balaban J connectivity index is 2.53. The van der Waals surface area contributed by atoms with E-state index in [1.54, 1.807) is 48.5 Å². The molecule has 0 saturated carbocycles. The minimum absolute atomic E-state index is 0.0549. The first-order valence-corrected chi connectivity index (χ1v) is 5.92. The van der Waals surface area contributed by atoms with Crippen molar-refractivity contribution in [3.63, 3.8) is 0 Å². The Morgan fingerprint density at radius 2 is 1.65 bits per heavy atom. The number of hydrogen-bond acceptors (Lipinski definition) is 3. The molecule has 0 aromatic heterocycles. The summed E-state index contributed by atoms with van der Waals surface area (Å²) in [4.78, 5) is 11.4. The van der Waals surface area contributed by atoms with Gasteiger partial charge in [-0.05, 0) is 17.7 Å². The molecule has 0 radical (unpaired) electrons. The number of carboxylic acid groups (broad SMARTS) is 1. The number of para-hydroxylation sites is 1. The van der Waals surface area contributed by atoms with Crippen LogP contribution in [0.3, 0.4) is 0 Å².